The number of rotatable bonds is 5. The highest BCUT2D eigenvalue weighted by atomic mass is 32.1. The van der Waals surface area contributed by atoms with Crippen LogP contribution >= 0.6 is 11.3 Å². The zero-order valence-electron chi connectivity index (χ0n) is 16.5. The van der Waals surface area contributed by atoms with E-state index in [-0.39, 0.29) is 5.91 Å². The maximum Gasteiger partial charge on any atom is 0.253 e. The zero-order valence-corrected chi connectivity index (χ0v) is 17.3. The Morgan fingerprint density at radius 2 is 1.66 bits per heavy atom. The third-order valence-corrected chi connectivity index (χ3v) is 6.02. The molecule has 0 unspecified atom stereocenters. The van der Waals surface area contributed by atoms with E-state index in [1.807, 2.05) is 66.7 Å². The monoisotopic (exact) mass is 398 g/mol. The van der Waals surface area contributed by atoms with E-state index >= 15 is 0 Å². The Balaban J connectivity index is 1.71. The van der Waals surface area contributed by atoms with Gasteiger partial charge in [0.15, 0.2) is 5.13 Å². The summed E-state index contributed by atoms with van der Waals surface area (Å²) in [5, 5.41) is 0.722. The van der Waals surface area contributed by atoms with Crippen LogP contribution < -0.4 is 4.90 Å². The average molecular weight is 399 g/mol. The number of amides is 1. The van der Waals surface area contributed by atoms with Gasteiger partial charge in [0.25, 0.3) is 5.91 Å². The molecule has 0 aliphatic rings. The van der Waals surface area contributed by atoms with E-state index in [1.165, 1.54) is 5.56 Å². The normalized spacial score (nSPS) is 11.2. The lowest BCUT2D eigenvalue weighted by Crippen LogP contribution is -2.28. The van der Waals surface area contributed by atoms with E-state index in [9.17, 15) is 4.79 Å². The van der Waals surface area contributed by atoms with Gasteiger partial charge in [-0.25, -0.2) is 4.98 Å². The summed E-state index contributed by atoms with van der Waals surface area (Å²) in [5.41, 5.74) is 5.41. The van der Waals surface area contributed by atoms with Gasteiger partial charge in [-0.3, -0.25) is 9.69 Å². The second-order valence-electron chi connectivity index (χ2n) is 7.00. The number of hydrogen-bond donors (Lipinski definition) is 0. The number of anilines is 1. The number of carbonyl (C=O) groups excluding carboxylic acids is 1. The Morgan fingerprint density at radius 3 is 2.38 bits per heavy atom. The van der Waals surface area contributed by atoms with E-state index < -0.39 is 0 Å². The second kappa shape index (κ2) is 8.41. The van der Waals surface area contributed by atoms with Crippen molar-refractivity contribution in [2.24, 2.45) is 0 Å². The van der Waals surface area contributed by atoms with Crippen molar-refractivity contribution < 1.29 is 4.79 Å². The second-order valence-corrected chi connectivity index (χ2v) is 8.01. The summed E-state index contributed by atoms with van der Waals surface area (Å²) in [6.07, 6.45) is 3.48. The van der Waals surface area contributed by atoms with Gasteiger partial charge in [0.2, 0.25) is 0 Å². The van der Waals surface area contributed by atoms with Crippen LogP contribution in [0, 0.1) is 13.8 Å². The number of carbonyl (C=O) groups is 1. The first-order valence-electron chi connectivity index (χ1n) is 9.57. The number of hydrogen-bond acceptors (Lipinski definition) is 3. The summed E-state index contributed by atoms with van der Waals surface area (Å²) < 4.78 is 1.10. The standard InChI is InChI=1S/C25H22N2OS/c1-18-13-15-22-24(19(18)2)26-25(29-22)27(17-21-11-7-4-8-12-21)23(28)16-14-20-9-5-3-6-10-20/h3-16H,17H2,1-2H3/b16-14+. The number of benzene rings is 3. The van der Waals surface area contributed by atoms with Gasteiger partial charge >= 0.3 is 0 Å². The fourth-order valence-electron chi connectivity index (χ4n) is 3.16. The summed E-state index contributed by atoms with van der Waals surface area (Å²) in [4.78, 5) is 19.7. The van der Waals surface area contributed by atoms with Crippen LogP contribution in [-0.4, -0.2) is 10.9 Å². The van der Waals surface area contributed by atoms with Crippen LogP contribution in [0.5, 0.6) is 0 Å². The predicted molar refractivity (Wildman–Crippen MR) is 122 cm³/mol. The molecule has 4 aromatic rings. The number of thiazole rings is 1. The smallest absolute Gasteiger partial charge is 0.253 e. The number of aryl methyl sites for hydroxylation is 2. The summed E-state index contributed by atoms with van der Waals surface area (Å²) >= 11 is 1.56. The number of aromatic nitrogens is 1. The van der Waals surface area contributed by atoms with Crippen molar-refractivity contribution in [1.29, 1.82) is 0 Å². The lowest BCUT2D eigenvalue weighted by molar-refractivity contribution is -0.114. The van der Waals surface area contributed by atoms with Crippen LogP contribution in [0.1, 0.15) is 22.3 Å². The predicted octanol–water partition coefficient (Wildman–Crippen LogP) is 6.16. The van der Waals surface area contributed by atoms with Crippen molar-refractivity contribution >= 4 is 38.7 Å². The molecule has 0 spiro atoms. The van der Waals surface area contributed by atoms with Gasteiger partial charge < -0.3 is 0 Å². The van der Waals surface area contributed by atoms with Crippen molar-refractivity contribution in [1.82, 2.24) is 4.98 Å². The molecular formula is C25H22N2OS. The molecule has 0 atom stereocenters. The molecule has 3 nitrogen and oxygen atoms in total. The minimum Gasteiger partial charge on any atom is -0.280 e. The van der Waals surface area contributed by atoms with Gasteiger partial charge in [-0.2, -0.15) is 0 Å². The Bertz CT molecular complexity index is 1160. The Kier molecular flexibility index (Phi) is 5.54. The van der Waals surface area contributed by atoms with Crippen molar-refractivity contribution in [2.45, 2.75) is 20.4 Å². The van der Waals surface area contributed by atoms with Gasteiger partial charge in [0, 0.05) is 6.08 Å². The van der Waals surface area contributed by atoms with Gasteiger partial charge in [-0.1, -0.05) is 78.1 Å². The topological polar surface area (TPSA) is 33.2 Å². The zero-order chi connectivity index (χ0) is 20.2. The molecule has 0 aliphatic heterocycles. The third kappa shape index (κ3) is 4.28. The fraction of sp³-hybridized carbons (Fsp3) is 0.120. The molecule has 1 amide bonds. The minimum absolute atomic E-state index is 0.0777. The molecular weight excluding hydrogens is 376 g/mol. The van der Waals surface area contributed by atoms with Crippen LogP contribution in [-0.2, 0) is 11.3 Å². The lowest BCUT2D eigenvalue weighted by atomic mass is 10.1. The highest BCUT2D eigenvalue weighted by Crippen LogP contribution is 2.32. The largest absolute Gasteiger partial charge is 0.280 e. The molecule has 0 aliphatic carbocycles. The Morgan fingerprint density at radius 1 is 0.966 bits per heavy atom. The van der Waals surface area contributed by atoms with Crippen molar-refractivity contribution in [3.8, 4) is 0 Å². The number of fused-ring (bicyclic) bond motifs is 1. The first kappa shape index (κ1) is 19.1. The summed E-state index contributed by atoms with van der Waals surface area (Å²) in [5.74, 6) is -0.0777. The Labute approximate surface area is 175 Å². The highest BCUT2D eigenvalue weighted by molar-refractivity contribution is 7.22. The summed E-state index contributed by atoms with van der Waals surface area (Å²) in [6.45, 7) is 4.65. The summed E-state index contributed by atoms with van der Waals surface area (Å²) in [6, 6.07) is 24.1. The molecule has 0 fully saturated rings. The van der Waals surface area contributed by atoms with Crippen LogP contribution in [0.15, 0.2) is 78.9 Å². The van der Waals surface area contributed by atoms with Crippen molar-refractivity contribution in [3.63, 3.8) is 0 Å². The number of nitrogens with zero attached hydrogens (tertiary/aromatic N) is 2. The maximum atomic E-state index is 13.2. The molecule has 4 rings (SSSR count). The van der Waals surface area contributed by atoms with E-state index in [0.29, 0.717) is 6.54 Å². The molecule has 4 heteroatoms. The van der Waals surface area contributed by atoms with E-state index in [4.69, 9.17) is 4.98 Å². The molecule has 0 saturated carbocycles. The molecule has 1 aromatic heterocycles. The average Bonchev–Trinajstić information content (AvgIpc) is 3.19. The molecule has 0 bridgehead atoms. The first-order valence-corrected chi connectivity index (χ1v) is 10.4. The van der Waals surface area contributed by atoms with Crippen molar-refractivity contribution in [3.05, 3.63) is 101 Å². The maximum absolute atomic E-state index is 13.2. The van der Waals surface area contributed by atoms with Crippen molar-refractivity contribution in [2.75, 3.05) is 4.90 Å². The Hall–Kier alpha value is -3.24. The molecule has 144 valence electrons. The van der Waals surface area contributed by atoms with E-state index in [0.717, 1.165) is 32.0 Å². The summed E-state index contributed by atoms with van der Waals surface area (Å²) in [7, 11) is 0. The molecule has 0 radical (unpaired) electrons. The van der Waals surface area contributed by atoms with Crippen LogP contribution in [0.3, 0.4) is 0 Å². The van der Waals surface area contributed by atoms with E-state index in [2.05, 4.69) is 26.0 Å². The molecule has 1 heterocycles. The van der Waals surface area contributed by atoms with Gasteiger partial charge in [0.1, 0.15) is 0 Å². The van der Waals surface area contributed by atoms with Gasteiger partial charge in [-0.15, -0.1) is 0 Å². The lowest BCUT2D eigenvalue weighted by Gasteiger charge is -2.18. The molecule has 3 aromatic carbocycles. The van der Waals surface area contributed by atoms with Gasteiger partial charge in [0.05, 0.1) is 16.8 Å². The third-order valence-electron chi connectivity index (χ3n) is 4.97. The molecule has 0 saturated heterocycles. The molecule has 0 N–H and O–H groups in total. The van der Waals surface area contributed by atoms with E-state index in [1.54, 1.807) is 22.3 Å². The minimum atomic E-state index is -0.0777. The van der Waals surface area contributed by atoms with Crippen LogP contribution in [0.4, 0.5) is 5.13 Å². The van der Waals surface area contributed by atoms with Gasteiger partial charge in [-0.05, 0) is 48.2 Å². The van der Waals surface area contributed by atoms with Crippen LogP contribution in [0.25, 0.3) is 16.3 Å². The SMILES string of the molecule is Cc1ccc2sc(N(Cc3ccccc3)C(=O)/C=C/c3ccccc3)nc2c1C. The first-order chi connectivity index (χ1) is 14.1. The molecule has 29 heavy (non-hydrogen) atoms. The quantitative estimate of drug-likeness (QED) is 0.377. The highest BCUT2D eigenvalue weighted by Gasteiger charge is 2.19. The fourth-order valence-corrected chi connectivity index (χ4v) is 4.19. The van der Waals surface area contributed by atoms with Crippen LogP contribution in [0.2, 0.25) is 0 Å².